The molecule has 0 spiro atoms. The summed E-state index contributed by atoms with van der Waals surface area (Å²) in [7, 11) is 4.69. The lowest BCUT2D eigenvalue weighted by Crippen LogP contribution is -2.63. The van der Waals surface area contributed by atoms with Gasteiger partial charge in [-0.05, 0) is 44.8 Å². The SMILES string of the molecule is COc1c(CN2CC(C)C2)cc(O)c2c1C[C@H]1C[C@H]3[C@H](N(C)C)C(O)=C(C(N)=O)C(=O)[C@@]3(O)C(O)=C1C2=O. The molecule has 204 valence electrons. The number of methoxy groups -OCH3 is 1. The summed E-state index contributed by atoms with van der Waals surface area (Å²) in [6, 6.07) is 0.451. The lowest BCUT2D eigenvalue weighted by atomic mass is 9.58. The molecule has 1 heterocycles. The number of nitrogens with two attached hydrogens (primary N) is 1. The molecule has 1 saturated heterocycles. The van der Waals surface area contributed by atoms with Gasteiger partial charge in [-0.1, -0.05) is 6.92 Å². The van der Waals surface area contributed by atoms with E-state index in [1.54, 1.807) is 14.1 Å². The van der Waals surface area contributed by atoms with Crippen LogP contribution in [-0.2, 0) is 22.6 Å². The molecule has 4 aliphatic rings. The van der Waals surface area contributed by atoms with Gasteiger partial charge in [0, 0.05) is 42.3 Å². The van der Waals surface area contributed by atoms with Gasteiger partial charge in [-0.25, -0.2) is 0 Å². The fourth-order valence-electron chi connectivity index (χ4n) is 6.93. The predicted octanol–water partition coefficient (Wildman–Crippen LogP) is 0.581. The fourth-order valence-corrected chi connectivity index (χ4v) is 6.93. The number of likely N-dealkylation sites (tertiary alicyclic amines) is 1. The van der Waals surface area contributed by atoms with Crippen molar-refractivity contribution < 1.29 is 39.5 Å². The molecule has 3 aliphatic carbocycles. The monoisotopic (exact) mass is 527 g/mol. The van der Waals surface area contributed by atoms with E-state index in [-0.39, 0.29) is 29.7 Å². The number of nitrogens with zero attached hydrogens (tertiary/aromatic N) is 2. The Balaban J connectivity index is 1.65. The van der Waals surface area contributed by atoms with E-state index < -0.39 is 58.0 Å². The Morgan fingerprint density at radius 2 is 1.89 bits per heavy atom. The highest BCUT2D eigenvalue weighted by atomic mass is 16.5. The first kappa shape index (κ1) is 26.2. The summed E-state index contributed by atoms with van der Waals surface area (Å²) in [6.45, 7) is 4.51. The molecule has 1 aromatic rings. The molecular formula is C27H33N3O8. The van der Waals surface area contributed by atoms with Crippen molar-refractivity contribution in [1.29, 1.82) is 0 Å². The minimum absolute atomic E-state index is 0.0313. The van der Waals surface area contributed by atoms with Crippen molar-refractivity contribution >= 4 is 17.5 Å². The lowest BCUT2D eigenvalue weighted by Gasteiger charge is -2.50. The number of carbonyl (C=O) groups is 3. The molecule has 0 aromatic heterocycles. The summed E-state index contributed by atoms with van der Waals surface area (Å²) in [6.07, 6.45) is 0.221. The number of hydrogen-bond donors (Lipinski definition) is 5. The summed E-state index contributed by atoms with van der Waals surface area (Å²) in [5, 5.41) is 44.8. The van der Waals surface area contributed by atoms with Crippen LogP contribution in [0.1, 0.15) is 34.8 Å². The maximum Gasteiger partial charge on any atom is 0.255 e. The van der Waals surface area contributed by atoms with Crippen molar-refractivity contribution in [3.63, 3.8) is 0 Å². The molecule has 5 rings (SSSR count). The number of hydrogen-bond acceptors (Lipinski definition) is 10. The number of amides is 1. The third kappa shape index (κ3) is 3.49. The predicted molar refractivity (Wildman–Crippen MR) is 135 cm³/mol. The average Bonchev–Trinajstić information content (AvgIpc) is 2.80. The number of aromatic hydroxyl groups is 1. The van der Waals surface area contributed by atoms with E-state index >= 15 is 0 Å². The van der Waals surface area contributed by atoms with E-state index in [0.29, 0.717) is 23.8 Å². The number of phenolic OH excluding ortho intramolecular Hbond substituents is 1. The number of aliphatic hydroxyl groups is 3. The second-order valence-corrected chi connectivity index (χ2v) is 11.2. The van der Waals surface area contributed by atoms with E-state index in [9.17, 15) is 34.8 Å². The second-order valence-electron chi connectivity index (χ2n) is 11.2. The first-order chi connectivity index (χ1) is 17.8. The molecule has 4 atom stereocenters. The Kier molecular flexibility index (Phi) is 6.08. The van der Waals surface area contributed by atoms with Gasteiger partial charge in [0.05, 0.1) is 18.7 Å². The Hall–Kier alpha value is -3.41. The third-order valence-electron chi connectivity index (χ3n) is 8.49. The van der Waals surface area contributed by atoms with Crippen LogP contribution in [0.3, 0.4) is 0 Å². The molecule has 1 amide bonds. The van der Waals surface area contributed by atoms with Crippen LogP contribution >= 0.6 is 0 Å². The van der Waals surface area contributed by atoms with Gasteiger partial charge in [0.2, 0.25) is 5.78 Å². The quantitative estimate of drug-likeness (QED) is 0.341. The number of aliphatic hydroxyl groups excluding tert-OH is 2. The molecular weight excluding hydrogens is 494 g/mol. The van der Waals surface area contributed by atoms with E-state index in [1.807, 2.05) is 0 Å². The molecule has 1 aromatic carbocycles. The summed E-state index contributed by atoms with van der Waals surface area (Å²) in [5.41, 5.74) is 2.87. The Bertz CT molecular complexity index is 1330. The molecule has 1 fully saturated rings. The van der Waals surface area contributed by atoms with E-state index in [4.69, 9.17) is 10.5 Å². The standard InChI is InChI=1S/C27H33N3O8/c1-11-8-30(9-11)10-13-7-16(31)18-14(23(13)38-4)5-12-6-15-20(29(2)3)22(33)19(26(28)36)25(35)27(15,37)24(34)17(12)21(18)32/h7,11-12,15,20,31,33-34,37H,5-6,8-10H2,1-4H3,(H2,28,36)/t12-,15-,20-,27-/m0/s1. The van der Waals surface area contributed by atoms with Crippen molar-refractivity contribution in [2.24, 2.45) is 23.5 Å². The molecule has 6 N–H and O–H groups in total. The minimum atomic E-state index is -2.65. The third-order valence-corrected chi connectivity index (χ3v) is 8.49. The minimum Gasteiger partial charge on any atom is -0.510 e. The molecule has 0 unspecified atom stereocenters. The van der Waals surface area contributed by atoms with Crippen molar-refractivity contribution in [3.8, 4) is 11.5 Å². The first-order valence-electron chi connectivity index (χ1n) is 12.6. The number of primary amides is 1. The largest absolute Gasteiger partial charge is 0.510 e. The Labute approximate surface area is 219 Å². The zero-order chi connectivity index (χ0) is 27.8. The number of benzene rings is 1. The maximum atomic E-state index is 13.8. The molecule has 11 nitrogen and oxygen atoms in total. The van der Waals surface area contributed by atoms with Crippen LogP contribution in [0.4, 0.5) is 0 Å². The van der Waals surface area contributed by atoms with Gasteiger partial charge in [-0.15, -0.1) is 0 Å². The summed E-state index contributed by atoms with van der Waals surface area (Å²) >= 11 is 0. The van der Waals surface area contributed by atoms with Gasteiger partial charge in [0.15, 0.2) is 11.4 Å². The Morgan fingerprint density at radius 3 is 2.45 bits per heavy atom. The van der Waals surface area contributed by atoms with Gasteiger partial charge in [-0.3, -0.25) is 24.2 Å². The smallest absolute Gasteiger partial charge is 0.255 e. The zero-order valence-electron chi connectivity index (χ0n) is 21.8. The number of fused-ring (bicyclic) bond motifs is 3. The number of carbonyl (C=O) groups excluding carboxylic acids is 3. The number of likely N-dealkylation sites (N-methyl/N-ethyl adjacent to an activating group) is 1. The molecule has 0 bridgehead atoms. The van der Waals surface area contributed by atoms with E-state index in [1.165, 1.54) is 18.1 Å². The van der Waals surface area contributed by atoms with Crippen LogP contribution in [0.2, 0.25) is 0 Å². The molecule has 38 heavy (non-hydrogen) atoms. The molecule has 0 radical (unpaired) electrons. The first-order valence-corrected chi connectivity index (χ1v) is 12.6. The second kappa shape index (κ2) is 8.82. The average molecular weight is 528 g/mol. The van der Waals surface area contributed by atoms with Gasteiger partial charge in [-0.2, -0.15) is 0 Å². The molecule has 1 aliphatic heterocycles. The van der Waals surface area contributed by atoms with Gasteiger partial charge in [0.1, 0.15) is 28.6 Å². The van der Waals surface area contributed by atoms with E-state index in [0.717, 1.165) is 18.7 Å². The van der Waals surface area contributed by atoms with Gasteiger partial charge >= 0.3 is 0 Å². The summed E-state index contributed by atoms with van der Waals surface area (Å²) in [4.78, 5) is 42.9. The van der Waals surface area contributed by atoms with Crippen LogP contribution in [0.25, 0.3) is 0 Å². The number of allylic oxidation sites excluding steroid dienone is 1. The molecule has 11 heteroatoms. The van der Waals surface area contributed by atoms with Crippen molar-refractivity contribution in [3.05, 3.63) is 45.4 Å². The van der Waals surface area contributed by atoms with Crippen LogP contribution in [-0.4, -0.2) is 93.6 Å². The van der Waals surface area contributed by atoms with Crippen LogP contribution in [0.5, 0.6) is 11.5 Å². The topological polar surface area (TPSA) is 174 Å². The summed E-state index contributed by atoms with van der Waals surface area (Å²) < 4.78 is 5.73. The highest BCUT2D eigenvalue weighted by Gasteiger charge is 2.63. The van der Waals surface area contributed by atoms with Crippen LogP contribution < -0.4 is 10.5 Å². The zero-order valence-corrected chi connectivity index (χ0v) is 21.8. The van der Waals surface area contributed by atoms with Crippen molar-refractivity contribution in [2.75, 3.05) is 34.3 Å². The van der Waals surface area contributed by atoms with Crippen LogP contribution in [0.15, 0.2) is 28.7 Å². The van der Waals surface area contributed by atoms with Gasteiger partial charge in [0.25, 0.3) is 5.91 Å². The summed E-state index contributed by atoms with van der Waals surface area (Å²) in [5.74, 6) is -5.65. The number of ketones is 2. The highest BCUT2D eigenvalue weighted by molar-refractivity contribution is 6.24. The maximum absolute atomic E-state index is 13.8. The van der Waals surface area contributed by atoms with Crippen LogP contribution in [0, 0.1) is 17.8 Å². The molecule has 0 saturated carbocycles. The van der Waals surface area contributed by atoms with Crippen molar-refractivity contribution in [1.82, 2.24) is 9.80 Å². The number of Topliss-reactive ketones (excluding diaryl/α,β-unsaturated/α-hetero) is 2. The normalized spacial score (nSPS) is 29.7. The number of ether oxygens (including phenoxy) is 1. The number of phenols is 1. The lowest BCUT2D eigenvalue weighted by molar-refractivity contribution is -0.148. The van der Waals surface area contributed by atoms with Crippen molar-refractivity contribution in [2.45, 2.75) is 38.0 Å². The fraction of sp³-hybridized carbons (Fsp3) is 0.519. The van der Waals surface area contributed by atoms with Gasteiger partial charge < -0.3 is 30.9 Å². The highest BCUT2D eigenvalue weighted by Crippen LogP contribution is 2.53. The Morgan fingerprint density at radius 1 is 1.24 bits per heavy atom. The van der Waals surface area contributed by atoms with E-state index in [2.05, 4.69) is 11.8 Å². The number of rotatable bonds is 5.